The maximum absolute atomic E-state index is 11.0. The van der Waals surface area contributed by atoms with Crippen molar-refractivity contribution in [3.63, 3.8) is 0 Å². The molecule has 0 heterocycles. The molecule has 2 fully saturated rings. The fourth-order valence-electron chi connectivity index (χ4n) is 2.94. The molecule has 2 nitrogen and oxygen atoms in total. The zero-order valence-corrected chi connectivity index (χ0v) is 9.62. The Bertz CT molecular complexity index is 294. The summed E-state index contributed by atoms with van der Waals surface area (Å²) in [4.78, 5) is 11.0. The molecule has 2 aliphatic carbocycles. The molecule has 2 atom stereocenters. The number of aliphatic carboxylic acids is 1. The molecule has 0 bridgehead atoms. The molecule has 15 heavy (non-hydrogen) atoms. The Balaban J connectivity index is 2.02. The second-order valence-electron chi connectivity index (χ2n) is 5.59. The molecule has 2 unspecified atom stereocenters. The van der Waals surface area contributed by atoms with Crippen LogP contribution in [0.4, 0.5) is 0 Å². The first kappa shape index (κ1) is 10.7. The van der Waals surface area contributed by atoms with E-state index in [4.69, 9.17) is 5.11 Å². The van der Waals surface area contributed by atoms with E-state index in [9.17, 15) is 4.79 Å². The molecular weight excluding hydrogens is 188 g/mol. The molecule has 2 aliphatic rings. The van der Waals surface area contributed by atoms with Gasteiger partial charge >= 0.3 is 5.97 Å². The summed E-state index contributed by atoms with van der Waals surface area (Å²) >= 11 is 0. The number of rotatable bonds is 2. The van der Waals surface area contributed by atoms with Crippen molar-refractivity contribution in [2.75, 3.05) is 0 Å². The van der Waals surface area contributed by atoms with Gasteiger partial charge in [0.05, 0.1) is 5.92 Å². The third-order valence-corrected chi connectivity index (χ3v) is 4.32. The summed E-state index contributed by atoms with van der Waals surface area (Å²) in [7, 11) is 0. The van der Waals surface area contributed by atoms with Gasteiger partial charge in [-0.2, -0.15) is 0 Å². The summed E-state index contributed by atoms with van der Waals surface area (Å²) in [6, 6.07) is 0. The number of hydrogen-bond acceptors (Lipinski definition) is 1. The van der Waals surface area contributed by atoms with Gasteiger partial charge in [-0.05, 0) is 43.4 Å². The molecule has 0 radical (unpaired) electrons. The fourth-order valence-corrected chi connectivity index (χ4v) is 2.94. The van der Waals surface area contributed by atoms with Gasteiger partial charge in [0, 0.05) is 0 Å². The first-order valence-electron chi connectivity index (χ1n) is 5.94. The smallest absolute Gasteiger partial charge is 0.307 e. The van der Waals surface area contributed by atoms with Crippen molar-refractivity contribution in [3.8, 4) is 0 Å². The molecule has 2 saturated carbocycles. The van der Waals surface area contributed by atoms with Crippen LogP contribution in [-0.4, -0.2) is 11.1 Å². The second kappa shape index (κ2) is 3.66. The standard InChI is InChI=1S/C13H20O2/c1-13(2)10(8-11(13)12(14)15)7-9-5-3-4-6-9/h7,10-11H,3-6,8H2,1-2H3,(H,14,15). The fraction of sp³-hybridized carbons (Fsp3) is 0.769. The summed E-state index contributed by atoms with van der Waals surface area (Å²) in [5.74, 6) is -0.270. The van der Waals surface area contributed by atoms with Crippen molar-refractivity contribution in [3.05, 3.63) is 11.6 Å². The van der Waals surface area contributed by atoms with Crippen molar-refractivity contribution in [1.82, 2.24) is 0 Å². The first-order chi connectivity index (χ1) is 7.01. The van der Waals surface area contributed by atoms with E-state index in [1.165, 1.54) is 25.7 Å². The molecule has 2 heteroatoms. The van der Waals surface area contributed by atoms with Gasteiger partial charge in [0.15, 0.2) is 0 Å². The van der Waals surface area contributed by atoms with Crippen LogP contribution in [0.15, 0.2) is 11.6 Å². The lowest BCUT2D eigenvalue weighted by Gasteiger charge is -2.49. The predicted octanol–water partition coefficient (Wildman–Crippen LogP) is 3.23. The highest BCUT2D eigenvalue weighted by Gasteiger charge is 2.50. The average molecular weight is 208 g/mol. The van der Waals surface area contributed by atoms with Crippen LogP contribution in [-0.2, 0) is 4.79 Å². The van der Waals surface area contributed by atoms with Crippen LogP contribution in [0.2, 0.25) is 0 Å². The van der Waals surface area contributed by atoms with Crippen molar-refractivity contribution >= 4 is 5.97 Å². The Morgan fingerprint density at radius 3 is 2.47 bits per heavy atom. The minimum atomic E-state index is -0.624. The SMILES string of the molecule is CC1(C)C(C=C2CCCC2)CC1C(=O)O. The van der Waals surface area contributed by atoms with Gasteiger partial charge in [0.2, 0.25) is 0 Å². The Labute approximate surface area is 91.4 Å². The summed E-state index contributed by atoms with van der Waals surface area (Å²) in [6.45, 7) is 4.18. The highest BCUT2D eigenvalue weighted by Crippen LogP contribution is 2.52. The van der Waals surface area contributed by atoms with Gasteiger partial charge in [0.25, 0.3) is 0 Å². The molecule has 0 aliphatic heterocycles. The number of allylic oxidation sites excluding steroid dienone is 2. The Morgan fingerprint density at radius 2 is 2.00 bits per heavy atom. The van der Waals surface area contributed by atoms with E-state index in [0.717, 1.165) is 6.42 Å². The topological polar surface area (TPSA) is 37.3 Å². The number of carboxylic acids is 1. The van der Waals surface area contributed by atoms with E-state index < -0.39 is 5.97 Å². The van der Waals surface area contributed by atoms with Crippen LogP contribution >= 0.6 is 0 Å². The molecule has 0 amide bonds. The molecular formula is C13H20O2. The third kappa shape index (κ3) is 1.82. The molecule has 2 rings (SSSR count). The molecule has 1 N–H and O–H groups in total. The quantitative estimate of drug-likeness (QED) is 0.707. The van der Waals surface area contributed by atoms with Gasteiger partial charge in [-0.25, -0.2) is 0 Å². The van der Waals surface area contributed by atoms with Crippen molar-refractivity contribution < 1.29 is 9.90 Å². The Kier molecular flexibility index (Phi) is 2.61. The third-order valence-electron chi connectivity index (χ3n) is 4.32. The van der Waals surface area contributed by atoms with Crippen molar-refractivity contribution in [1.29, 1.82) is 0 Å². The number of carbonyl (C=O) groups is 1. The van der Waals surface area contributed by atoms with Crippen LogP contribution in [0.25, 0.3) is 0 Å². The highest BCUT2D eigenvalue weighted by molar-refractivity contribution is 5.72. The largest absolute Gasteiger partial charge is 0.481 e. The van der Waals surface area contributed by atoms with E-state index in [0.29, 0.717) is 5.92 Å². The lowest BCUT2D eigenvalue weighted by molar-refractivity contribution is -0.156. The van der Waals surface area contributed by atoms with Crippen molar-refractivity contribution in [2.45, 2.75) is 46.0 Å². The minimum Gasteiger partial charge on any atom is -0.481 e. The molecule has 0 aromatic rings. The van der Waals surface area contributed by atoms with Gasteiger partial charge in [-0.1, -0.05) is 25.5 Å². The van der Waals surface area contributed by atoms with Crippen LogP contribution in [0.1, 0.15) is 46.0 Å². The lowest BCUT2D eigenvalue weighted by Crippen LogP contribution is -2.48. The summed E-state index contributed by atoms with van der Waals surface area (Å²) in [5, 5.41) is 9.03. The van der Waals surface area contributed by atoms with Crippen LogP contribution in [0, 0.1) is 17.3 Å². The number of hydrogen-bond donors (Lipinski definition) is 1. The van der Waals surface area contributed by atoms with E-state index >= 15 is 0 Å². The van der Waals surface area contributed by atoms with E-state index in [1.807, 2.05) is 0 Å². The van der Waals surface area contributed by atoms with Gasteiger partial charge in [0.1, 0.15) is 0 Å². The maximum Gasteiger partial charge on any atom is 0.307 e. The van der Waals surface area contributed by atoms with Crippen LogP contribution in [0.3, 0.4) is 0 Å². The summed E-state index contributed by atoms with van der Waals surface area (Å²) in [6.07, 6.45) is 8.33. The monoisotopic (exact) mass is 208 g/mol. The molecule has 0 aromatic heterocycles. The van der Waals surface area contributed by atoms with Gasteiger partial charge < -0.3 is 5.11 Å². The molecule has 84 valence electrons. The first-order valence-corrected chi connectivity index (χ1v) is 5.94. The predicted molar refractivity (Wildman–Crippen MR) is 59.6 cm³/mol. The van der Waals surface area contributed by atoms with E-state index in [-0.39, 0.29) is 11.3 Å². The number of carboxylic acid groups (broad SMARTS) is 1. The van der Waals surface area contributed by atoms with E-state index in [2.05, 4.69) is 19.9 Å². The zero-order valence-electron chi connectivity index (χ0n) is 9.62. The Hall–Kier alpha value is -0.790. The van der Waals surface area contributed by atoms with Crippen LogP contribution in [0.5, 0.6) is 0 Å². The van der Waals surface area contributed by atoms with Crippen LogP contribution < -0.4 is 0 Å². The normalized spacial score (nSPS) is 33.6. The summed E-state index contributed by atoms with van der Waals surface area (Å²) < 4.78 is 0. The lowest BCUT2D eigenvalue weighted by atomic mass is 9.54. The van der Waals surface area contributed by atoms with Gasteiger partial charge in [-0.15, -0.1) is 0 Å². The molecule has 0 aromatic carbocycles. The van der Waals surface area contributed by atoms with Crippen molar-refractivity contribution in [2.24, 2.45) is 17.3 Å². The maximum atomic E-state index is 11.0. The Morgan fingerprint density at radius 1 is 1.40 bits per heavy atom. The zero-order chi connectivity index (χ0) is 11.1. The molecule has 0 spiro atoms. The molecule has 0 saturated heterocycles. The minimum absolute atomic E-state index is 0.0403. The van der Waals surface area contributed by atoms with E-state index in [1.54, 1.807) is 5.57 Å². The van der Waals surface area contributed by atoms with Gasteiger partial charge in [-0.3, -0.25) is 4.79 Å². The summed E-state index contributed by atoms with van der Waals surface area (Å²) in [5.41, 5.74) is 1.53. The second-order valence-corrected chi connectivity index (χ2v) is 5.59. The average Bonchev–Trinajstić information content (AvgIpc) is 2.63. The highest BCUT2D eigenvalue weighted by atomic mass is 16.4.